The molecule has 1 rings (SSSR count). The fourth-order valence-electron chi connectivity index (χ4n) is 2.89. The third-order valence-corrected chi connectivity index (χ3v) is 4.52. The molecule has 120 valence electrons. The highest BCUT2D eigenvalue weighted by molar-refractivity contribution is 6.31. The third kappa shape index (κ3) is 6.36. The standard InChI is InChI=1S/C18H29ClFN/c1-4-7-9-14(5-2)12-15(21-6-3)13-16-17(19)10-8-11-18(16)20/h8,10-11,14-15,21H,4-7,9,12-13H2,1-3H3. The predicted octanol–water partition coefficient (Wildman–Crippen LogP) is 5.61. The molecule has 21 heavy (non-hydrogen) atoms. The Morgan fingerprint density at radius 3 is 2.57 bits per heavy atom. The second-order valence-electron chi connectivity index (χ2n) is 5.81. The van der Waals surface area contributed by atoms with Gasteiger partial charge in [-0.05, 0) is 37.4 Å². The normalized spacial score (nSPS) is 14.1. The second-order valence-corrected chi connectivity index (χ2v) is 6.22. The summed E-state index contributed by atoms with van der Waals surface area (Å²) < 4.78 is 14.0. The molecule has 0 fully saturated rings. The lowest BCUT2D eigenvalue weighted by molar-refractivity contribution is 0.348. The van der Waals surface area contributed by atoms with Gasteiger partial charge in [-0.1, -0.05) is 64.1 Å². The van der Waals surface area contributed by atoms with Crippen LogP contribution in [0.2, 0.25) is 5.02 Å². The van der Waals surface area contributed by atoms with Crippen molar-refractivity contribution in [3.63, 3.8) is 0 Å². The van der Waals surface area contributed by atoms with Crippen LogP contribution in [0.25, 0.3) is 0 Å². The predicted molar refractivity (Wildman–Crippen MR) is 90.5 cm³/mol. The minimum absolute atomic E-state index is 0.188. The first-order chi connectivity index (χ1) is 10.1. The maximum atomic E-state index is 14.0. The van der Waals surface area contributed by atoms with Crippen molar-refractivity contribution in [1.82, 2.24) is 5.32 Å². The summed E-state index contributed by atoms with van der Waals surface area (Å²) in [6, 6.07) is 5.24. The number of nitrogens with one attached hydrogen (secondary N) is 1. The van der Waals surface area contributed by atoms with E-state index in [9.17, 15) is 4.39 Å². The highest BCUT2D eigenvalue weighted by Crippen LogP contribution is 2.24. The van der Waals surface area contributed by atoms with E-state index in [1.54, 1.807) is 12.1 Å². The Bertz CT molecular complexity index is 388. The Morgan fingerprint density at radius 2 is 2.00 bits per heavy atom. The first-order valence-electron chi connectivity index (χ1n) is 8.28. The molecule has 0 radical (unpaired) electrons. The highest BCUT2D eigenvalue weighted by atomic mass is 35.5. The minimum atomic E-state index is -0.188. The Kier molecular flexibility index (Phi) is 8.94. The SMILES string of the molecule is CCCCC(CC)CC(Cc1c(F)cccc1Cl)NCC. The van der Waals surface area contributed by atoms with E-state index >= 15 is 0 Å². The molecule has 0 aliphatic carbocycles. The molecule has 0 amide bonds. The maximum absolute atomic E-state index is 14.0. The van der Waals surface area contributed by atoms with Gasteiger partial charge in [-0.2, -0.15) is 0 Å². The zero-order valence-electron chi connectivity index (χ0n) is 13.6. The number of hydrogen-bond donors (Lipinski definition) is 1. The summed E-state index contributed by atoms with van der Waals surface area (Å²) in [5.41, 5.74) is 0.649. The van der Waals surface area contributed by atoms with E-state index < -0.39 is 0 Å². The van der Waals surface area contributed by atoms with E-state index in [-0.39, 0.29) is 5.82 Å². The molecule has 3 heteroatoms. The monoisotopic (exact) mass is 313 g/mol. The van der Waals surface area contributed by atoms with Crippen molar-refractivity contribution in [1.29, 1.82) is 0 Å². The highest BCUT2D eigenvalue weighted by Gasteiger charge is 2.18. The van der Waals surface area contributed by atoms with Crippen LogP contribution in [-0.4, -0.2) is 12.6 Å². The van der Waals surface area contributed by atoms with E-state index in [1.165, 1.54) is 31.7 Å². The molecular weight excluding hydrogens is 285 g/mol. The molecular formula is C18H29ClFN. The van der Waals surface area contributed by atoms with Crippen LogP contribution >= 0.6 is 11.6 Å². The van der Waals surface area contributed by atoms with Crippen LogP contribution in [0.5, 0.6) is 0 Å². The summed E-state index contributed by atoms with van der Waals surface area (Å²) in [5, 5.41) is 4.04. The zero-order chi connectivity index (χ0) is 15.7. The second kappa shape index (κ2) is 10.2. The van der Waals surface area contributed by atoms with Crippen LogP contribution < -0.4 is 5.32 Å². The van der Waals surface area contributed by atoms with Gasteiger partial charge in [0.05, 0.1) is 0 Å². The molecule has 0 aliphatic rings. The molecule has 0 spiro atoms. The summed E-state index contributed by atoms with van der Waals surface area (Å²) in [6.45, 7) is 7.48. The molecule has 1 aromatic rings. The number of unbranched alkanes of at least 4 members (excludes halogenated alkanes) is 1. The third-order valence-electron chi connectivity index (χ3n) is 4.17. The van der Waals surface area contributed by atoms with Crippen molar-refractivity contribution in [3.8, 4) is 0 Å². The van der Waals surface area contributed by atoms with Crippen molar-refractivity contribution in [3.05, 3.63) is 34.6 Å². The van der Waals surface area contributed by atoms with Crippen LogP contribution in [0.1, 0.15) is 58.4 Å². The van der Waals surface area contributed by atoms with Crippen LogP contribution in [0.4, 0.5) is 4.39 Å². The van der Waals surface area contributed by atoms with Crippen LogP contribution in [0.15, 0.2) is 18.2 Å². The van der Waals surface area contributed by atoms with Gasteiger partial charge in [-0.15, -0.1) is 0 Å². The molecule has 0 heterocycles. The average Bonchev–Trinajstić information content (AvgIpc) is 2.47. The average molecular weight is 314 g/mol. The summed E-state index contributed by atoms with van der Waals surface area (Å²) >= 11 is 6.16. The van der Waals surface area contributed by atoms with Gasteiger partial charge in [0.2, 0.25) is 0 Å². The quantitative estimate of drug-likeness (QED) is 0.592. The van der Waals surface area contributed by atoms with Gasteiger partial charge in [0.1, 0.15) is 5.82 Å². The number of halogens is 2. The van der Waals surface area contributed by atoms with Gasteiger partial charge < -0.3 is 5.32 Å². The van der Waals surface area contributed by atoms with Gasteiger partial charge in [0.25, 0.3) is 0 Å². The van der Waals surface area contributed by atoms with Gasteiger partial charge >= 0.3 is 0 Å². The lowest BCUT2D eigenvalue weighted by Crippen LogP contribution is -2.33. The number of benzene rings is 1. The Hall–Kier alpha value is -0.600. The van der Waals surface area contributed by atoms with Crippen molar-refractivity contribution in [2.45, 2.75) is 65.3 Å². The molecule has 0 bridgehead atoms. The van der Waals surface area contributed by atoms with Crippen molar-refractivity contribution < 1.29 is 4.39 Å². The first-order valence-corrected chi connectivity index (χ1v) is 8.66. The Morgan fingerprint density at radius 1 is 1.24 bits per heavy atom. The lowest BCUT2D eigenvalue weighted by Gasteiger charge is -2.24. The van der Waals surface area contributed by atoms with E-state index in [4.69, 9.17) is 11.6 Å². The smallest absolute Gasteiger partial charge is 0.127 e. The molecule has 0 saturated heterocycles. The summed E-state index contributed by atoms with van der Waals surface area (Å²) in [5.74, 6) is 0.520. The minimum Gasteiger partial charge on any atom is -0.314 e. The molecule has 0 saturated carbocycles. The largest absolute Gasteiger partial charge is 0.314 e. The molecule has 1 nitrogen and oxygen atoms in total. The van der Waals surface area contributed by atoms with E-state index in [2.05, 4.69) is 26.1 Å². The van der Waals surface area contributed by atoms with Crippen molar-refractivity contribution in [2.24, 2.45) is 5.92 Å². The summed E-state index contributed by atoms with van der Waals surface area (Å²) in [4.78, 5) is 0. The van der Waals surface area contributed by atoms with Crippen molar-refractivity contribution in [2.75, 3.05) is 6.54 Å². The molecule has 0 aromatic heterocycles. The fraction of sp³-hybridized carbons (Fsp3) is 0.667. The first kappa shape index (κ1) is 18.4. The topological polar surface area (TPSA) is 12.0 Å². The van der Waals surface area contributed by atoms with Crippen molar-refractivity contribution >= 4 is 11.6 Å². The fourth-order valence-corrected chi connectivity index (χ4v) is 3.13. The molecule has 0 aliphatic heterocycles. The summed E-state index contributed by atoms with van der Waals surface area (Å²) in [6.07, 6.45) is 6.73. The van der Waals surface area contributed by atoms with E-state index in [1.807, 2.05) is 0 Å². The van der Waals surface area contributed by atoms with Gasteiger partial charge in [0, 0.05) is 16.6 Å². The van der Waals surface area contributed by atoms with Crippen LogP contribution in [0, 0.1) is 11.7 Å². The van der Waals surface area contributed by atoms with Gasteiger partial charge in [-0.3, -0.25) is 0 Å². The molecule has 1 aromatic carbocycles. The van der Waals surface area contributed by atoms with Crippen LogP contribution in [-0.2, 0) is 6.42 Å². The number of likely N-dealkylation sites (N-methyl/N-ethyl adjacent to an activating group) is 1. The van der Waals surface area contributed by atoms with Gasteiger partial charge in [-0.25, -0.2) is 4.39 Å². The molecule has 1 N–H and O–H groups in total. The van der Waals surface area contributed by atoms with E-state index in [0.717, 1.165) is 13.0 Å². The number of rotatable bonds is 10. The zero-order valence-corrected chi connectivity index (χ0v) is 14.3. The maximum Gasteiger partial charge on any atom is 0.127 e. The van der Waals surface area contributed by atoms with Crippen LogP contribution in [0.3, 0.4) is 0 Å². The lowest BCUT2D eigenvalue weighted by atomic mass is 9.89. The van der Waals surface area contributed by atoms with Gasteiger partial charge in [0.15, 0.2) is 0 Å². The Labute approximate surface area is 134 Å². The Balaban J connectivity index is 2.72. The van der Waals surface area contributed by atoms with E-state index in [0.29, 0.717) is 29.0 Å². The number of hydrogen-bond acceptors (Lipinski definition) is 1. The molecule has 2 atom stereocenters. The molecule has 2 unspecified atom stereocenters. The summed E-state index contributed by atoms with van der Waals surface area (Å²) in [7, 11) is 0.